The molecule has 1 atom stereocenters. The van der Waals surface area contributed by atoms with Crippen LogP contribution in [0.4, 0.5) is 0 Å². The molecule has 2 heterocycles. The molecule has 2 aliphatic heterocycles. The maximum absolute atomic E-state index is 2.77. The van der Waals surface area contributed by atoms with Crippen LogP contribution in [0.2, 0.25) is 0 Å². The van der Waals surface area contributed by atoms with E-state index in [4.69, 9.17) is 0 Å². The van der Waals surface area contributed by atoms with Gasteiger partial charge in [-0.2, -0.15) is 0 Å². The van der Waals surface area contributed by atoms with Crippen LogP contribution in [0.5, 0.6) is 0 Å². The molecule has 0 radical (unpaired) electrons. The fourth-order valence-corrected chi connectivity index (χ4v) is 3.64. The number of hydrogen-bond acceptors (Lipinski definition) is 2. The maximum atomic E-state index is 2.77. The minimum atomic E-state index is 0.747. The second kappa shape index (κ2) is 4.30. The zero-order valence-electron chi connectivity index (χ0n) is 10.7. The van der Waals surface area contributed by atoms with Crippen molar-refractivity contribution >= 4 is 0 Å². The molecule has 2 nitrogen and oxygen atoms in total. The van der Waals surface area contributed by atoms with Crippen molar-refractivity contribution in [2.45, 2.75) is 51.5 Å². The van der Waals surface area contributed by atoms with Gasteiger partial charge in [0.1, 0.15) is 0 Å². The molecule has 3 rings (SSSR count). The summed E-state index contributed by atoms with van der Waals surface area (Å²) in [5.74, 6) is 0. The van der Waals surface area contributed by atoms with Crippen LogP contribution in [0.25, 0.3) is 0 Å². The maximum Gasteiger partial charge on any atom is 0.0223 e. The first-order chi connectivity index (χ1) is 7.81. The van der Waals surface area contributed by atoms with Gasteiger partial charge < -0.3 is 0 Å². The molecule has 16 heavy (non-hydrogen) atoms. The summed E-state index contributed by atoms with van der Waals surface area (Å²) in [7, 11) is 0. The summed E-state index contributed by atoms with van der Waals surface area (Å²) in [5.41, 5.74) is 0.747. The van der Waals surface area contributed by atoms with Gasteiger partial charge in [-0.1, -0.05) is 13.3 Å². The molecule has 1 saturated carbocycles. The van der Waals surface area contributed by atoms with Gasteiger partial charge in [0.2, 0.25) is 0 Å². The minimum absolute atomic E-state index is 0.747. The van der Waals surface area contributed by atoms with Crippen molar-refractivity contribution in [2.75, 3.05) is 32.7 Å². The third-order valence-corrected chi connectivity index (χ3v) is 5.19. The van der Waals surface area contributed by atoms with Crippen molar-refractivity contribution in [2.24, 2.45) is 5.41 Å². The summed E-state index contributed by atoms with van der Waals surface area (Å²) in [4.78, 5) is 5.51. The van der Waals surface area contributed by atoms with Crippen LogP contribution in [0.15, 0.2) is 0 Å². The number of rotatable bonds is 3. The second-order valence-corrected chi connectivity index (χ2v) is 6.27. The van der Waals surface area contributed by atoms with E-state index in [1.165, 1.54) is 71.2 Å². The van der Waals surface area contributed by atoms with Crippen LogP contribution in [-0.4, -0.2) is 48.6 Å². The standard InChI is InChI=1S/C14H26N2/c1-2-14(6-7-14)12-15-9-10-16-8-4-3-5-13(16)11-15/h13H,2-12H2,1H3. The molecule has 0 N–H and O–H groups in total. The van der Waals surface area contributed by atoms with E-state index in [0.717, 1.165) is 11.5 Å². The Morgan fingerprint density at radius 3 is 2.75 bits per heavy atom. The monoisotopic (exact) mass is 222 g/mol. The number of fused-ring (bicyclic) bond motifs is 1. The summed E-state index contributed by atoms with van der Waals surface area (Å²) in [5, 5.41) is 0. The van der Waals surface area contributed by atoms with Crippen molar-refractivity contribution in [3.05, 3.63) is 0 Å². The molecular weight excluding hydrogens is 196 g/mol. The molecule has 0 bridgehead atoms. The van der Waals surface area contributed by atoms with Crippen molar-refractivity contribution in [1.82, 2.24) is 9.80 Å². The summed E-state index contributed by atoms with van der Waals surface area (Å²) in [6, 6.07) is 0.898. The molecule has 3 fully saturated rings. The minimum Gasteiger partial charge on any atom is -0.300 e. The first kappa shape index (κ1) is 11.0. The summed E-state index contributed by atoms with van der Waals surface area (Å²) >= 11 is 0. The van der Waals surface area contributed by atoms with E-state index < -0.39 is 0 Å². The lowest BCUT2D eigenvalue weighted by Crippen LogP contribution is -2.55. The number of hydrogen-bond donors (Lipinski definition) is 0. The molecule has 0 spiro atoms. The van der Waals surface area contributed by atoms with Crippen LogP contribution >= 0.6 is 0 Å². The van der Waals surface area contributed by atoms with Gasteiger partial charge >= 0.3 is 0 Å². The van der Waals surface area contributed by atoms with Gasteiger partial charge in [-0.3, -0.25) is 9.80 Å². The number of piperazine rings is 1. The van der Waals surface area contributed by atoms with E-state index in [0.29, 0.717) is 0 Å². The first-order valence-electron chi connectivity index (χ1n) is 7.28. The predicted molar refractivity (Wildman–Crippen MR) is 67.6 cm³/mol. The van der Waals surface area contributed by atoms with Gasteiger partial charge in [0.15, 0.2) is 0 Å². The number of piperidine rings is 1. The average molecular weight is 222 g/mol. The zero-order chi connectivity index (χ0) is 11.0. The van der Waals surface area contributed by atoms with Gasteiger partial charge in [0.25, 0.3) is 0 Å². The lowest BCUT2D eigenvalue weighted by atomic mass is 9.97. The molecule has 2 heteroatoms. The van der Waals surface area contributed by atoms with Gasteiger partial charge in [-0.05, 0) is 44.1 Å². The Labute approximate surface area is 100.0 Å². The lowest BCUT2D eigenvalue weighted by molar-refractivity contribution is 0.0390. The van der Waals surface area contributed by atoms with E-state index in [9.17, 15) is 0 Å². The van der Waals surface area contributed by atoms with Gasteiger partial charge in [-0.15, -0.1) is 0 Å². The molecule has 3 aliphatic rings. The van der Waals surface area contributed by atoms with E-state index in [2.05, 4.69) is 16.7 Å². The van der Waals surface area contributed by atoms with Crippen molar-refractivity contribution in [3.8, 4) is 0 Å². The summed E-state index contributed by atoms with van der Waals surface area (Å²) in [6.45, 7) is 9.18. The second-order valence-electron chi connectivity index (χ2n) is 6.27. The third kappa shape index (κ3) is 2.14. The Hall–Kier alpha value is -0.0800. The molecule has 2 saturated heterocycles. The van der Waals surface area contributed by atoms with Crippen molar-refractivity contribution in [1.29, 1.82) is 0 Å². The largest absolute Gasteiger partial charge is 0.300 e. The molecule has 1 unspecified atom stereocenters. The average Bonchev–Trinajstić information content (AvgIpc) is 3.09. The quantitative estimate of drug-likeness (QED) is 0.723. The van der Waals surface area contributed by atoms with Gasteiger partial charge in [-0.25, -0.2) is 0 Å². The normalized spacial score (nSPS) is 34.7. The zero-order valence-corrected chi connectivity index (χ0v) is 10.7. The van der Waals surface area contributed by atoms with E-state index >= 15 is 0 Å². The summed E-state index contributed by atoms with van der Waals surface area (Å²) < 4.78 is 0. The predicted octanol–water partition coefficient (Wildman–Crippen LogP) is 2.35. The SMILES string of the molecule is CCC1(CN2CCN3CCCCC3C2)CC1. The smallest absolute Gasteiger partial charge is 0.0223 e. The highest BCUT2D eigenvalue weighted by molar-refractivity contribution is 4.96. The Balaban J connectivity index is 1.54. The lowest BCUT2D eigenvalue weighted by Gasteiger charge is -2.45. The van der Waals surface area contributed by atoms with Crippen LogP contribution in [0.1, 0.15) is 45.4 Å². The van der Waals surface area contributed by atoms with E-state index in [-0.39, 0.29) is 0 Å². The molecule has 0 amide bonds. The highest BCUT2D eigenvalue weighted by Gasteiger charge is 2.43. The van der Waals surface area contributed by atoms with Crippen molar-refractivity contribution < 1.29 is 0 Å². The Bertz CT molecular complexity index is 247. The molecule has 1 aliphatic carbocycles. The molecular formula is C14H26N2. The molecule has 92 valence electrons. The van der Waals surface area contributed by atoms with Crippen molar-refractivity contribution in [3.63, 3.8) is 0 Å². The molecule has 0 aromatic rings. The number of nitrogens with zero attached hydrogens (tertiary/aromatic N) is 2. The molecule has 0 aromatic heterocycles. The Kier molecular flexibility index (Phi) is 2.97. The fourth-order valence-electron chi connectivity index (χ4n) is 3.64. The fraction of sp³-hybridized carbons (Fsp3) is 1.00. The van der Waals surface area contributed by atoms with Crippen LogP contribution in [0.3, 0.4) is 0 Å². The molecule has 0 aromatic carbocycles. The topological polar surface area (TPSA) is 6.48 Å². The van der Waals surface area contributed by atoms with Gasteiger partial charge in [0.05, 0.1) is 0 Å². The Morgan fingerprint density at radius 2 is 2.00 bits per heavy atom. The highest BCUT2D eigenvalue weighted by atomic mass is 15.3. The first-order valence-corrected chi connectivity index (χ1v) is 7.28. The highest BCUT2D eigenvalue weighted by Crippen LogP contribution is 2.49. The summed E-state index contributed by atoms with van der Waals surface area (Å²) in [6.07, 6.45) is 8.75. The van der Waals surface area contributed by atoms with Crippen LogP contribution in [-0.2, 0) is 0 Å². The van der Waals surface area contributed by atoms with Crippen LogP contribution < -0.4 is 0 Å². The van der Waals surface area contributed by atoms with E-state index in [1.54, 1.807) is 0 Å². The van der Waals surface area contributed by atoms with Gasteiger partial charge in [0, 0.05) is 32.2 Å². The Morgan fingerprint density at radius 1 is 1.12 bits per heavy atom. The van der Waals surface area contributed by atoms with Crippen LogP contribution in [0, 0.1) is 5.41 Å². The van der Waals surface area contributed by atoms with E-state index in [1.807, 2.05) is 0 Å². The third-order valence-electron chi connectivity index (χ3n) is 5.19.